The van der Waals surface area contributed by atoms with Crippen LogP contribution in [0.3, 0.4) is 0 Å². The lowest BCUT2D eigenvalue weighted by molar-refractivity contribution is -0.158. The zero-order valence-corrected chi connectivity index (χ0v) is 37.7. The summed E-state index contributed by atoms with van der Waals surface area (Å²) in [4.78, 5) is 11.3. The van der Waals surface area contributed by atoms with Gasteiger partial charge >= 0.3 is 0 Å². The number of sulfone groups is 2. The predicted molar refractivity (Wildman–Crippen MR) is 233 cm³/mol. The van der Waals surface area contributed by atoms with Gasteiger partial charge in [0.05, 0.1) is 44.9 Å². The van der Waals surface area contributed by atoms with E-state index in [9.17, 15) is 48.9 Å². The highest BCUT2D eigenvalue weighted by Gasteiger charge is 2.27. The molecule has 0 spiro atoms. The first kappa shape index (κ1) is 46.9. The van der Waals surface area contributed by atoms with Crippen molar-refractivity contribution in [1.82, 2.24) is 19.2 Å². The third kappa shape index (κ3) is 11.6. The van der Waals surface area contributed by atoms with Gasteiger partial charge in [-0.15, -0.1) is 22.7 Å². The Hall–Kier alpha value is -4.13. The van der Waals surface area contributed by atoms with Gasteiger partial charge in [0.2, 0.25) is 26.5 Å². The van der Waals surface area contributed by atoms with Gasteiger partial charge < -0.3 is 5.21 Å². The fourth-order valence-electron chi connectivity index (χ4n) is 6.09. The lowest BCUT2D eigenvalue weighted by Crippen LogP contribution is -2.30. The van der Waals surface area contributed by atoms with Gasteiger partial charge in [-0.3, -0.25) is 10.0 Å². The molecule has 6 aromatic rings. The fourth-order valence-corrected chi connectivity index (χ4v) is 12.7. The van der Waals surface area contributed by atoms with Crippen LogP contribution in [0.2, 0.25) is 0 Å². The monoisotopic (exact) mass is 936 g/mol. The molecule has 2 heterocycles. The summed E-state index contributed by atoms with van der Waals surface area (Å²) in [6, 6.07) is 23.9. The van der Waals surface area contributed by atoms with Gasteiger partial charge in [0, 0.05) is 37.6 Å². The van der Waals surface area contributed by atoms with Crippen molar-refractivity contribution in [2.75, 3.05) is 39.7 Å². The number of sulfonamides is 2. The van der Waals surface area contributed by atoms with Crippen LogP contribution in [0.15, 0.2) is 118 Å². The maximum absolute atomic E-state index is 12.8. The molecule has 6 rings (SSSR count). The smallest absolute Gasteiger partial charge is 0.242 e. The second-order valence-electron chi connectivity index (χ2n) is 14.1. The Morgan fingerprint density at radius 3 is 1.42 bits per heavy atom. The molecule has 4 aromatic carbocycles. The number of hydroxylamine groups is 3. The third-order valence-electron chi connectivity index (χ3n) is 9.33. The Morgan fingerprint density at radius 1 is 0.600 bits per heavy atom. The van der Waals surface area contributed by atoms with E-state index < -0.39 is 57.6 Å². The van der Waals surface area contributed by atoms with Crippen molar-refractivity contribution in [1.29, 1.82) is 0 Å². The number of carbonyl (C=O) groups excluding carboxylic acids is 1. The summed E-state index contributed by atoms with van der Waals surface area (Å²) in [5, 5.41) is 25.6. The number of nitrogens with one attached hydrogen (secondary N) is 1. The van der Waals surface area contributed by atoms with E-state index in [-0.39, 0.29) is 38.5 Å². The van der Waals surface area contributed by atoms with Crippen LogP contribution >= 0.6 is 22.7 Å². The number of carbonyl (C=O) groups is 1. The van der Waals surface area contributed by atoms with E-state index in [2.05, 4.69) is 0 Å². The molecule has 0 saturated heterocycles. The Labute approximate surface area is 358 Å². The van der Waals surface area contributed by atoms with Crippen molar-refractivity contribution >= 4 is 89.0 Å². The molecule has 0 aliphatic carbocycles. The van der Waals surface area contributed by atoms with E-state index in [4.69, 9.17) is 0 Å². The lowest BCUT2D eigenvalue weighted by Gasteiger charge is -2.23. The summed E-state index contributed by atoms with van der Waals surface area (Å²) in [7, 11) is -8.86. The molecule has 0 aliphatic rings. The minimum absolute atomic E-state index is 0.0162. The van der Waals surface area contributed by atoms with Gasteiger partial charge in [0.25, 0.3) is 0 Å². The number of amides is 1. The highest BCUT2D eigenvalue weighted by molar-refractivity contribution is 7.91. The average Bonchev–Trinajstić information content (AvgIpc) is 3.88. The van der Waals surface area contributed by atoms with Gasteiger partial charge in [-0.2, -0.15) is 5.48 Å². The van der Waals surface area contributed by atoms with Gasteiger partial charge in [0.1, 0.15) is 0 Å². The quantitative estimate of drug-likeness (QED) is 0.0592. The topological polar surface area (TPSA) is 216 Å². The van der Waals surface area contributed by atoms with Crippen LogP contribution < -0.4 is 5.48 Å². The Kier molecular flexibility index (Phi) is 15.1. The third-order valence-corrected chi connectivity index (χ3v) is 18.0. The number of fused-ring (bicyclic) bond motifs is 2. The van der Waals surface area contributed by atoms with Crippen molar-refractivity contribution in [2.45, 2.75) is 33.4 Å². The number of benzene rings is 4. The number of hydrogen-bond donors (Lipinski definition) is 3. The first-order valence-electron chi connectivity index (χ1n) is 17.9. The molecule has 322 valence electrons. The molecular weight excluding hydrogens is 893 g/mol. The lowest BCUT2D eigenvalue weighted by atomic mass is 10.1. The van der Waals surface area contributed by atoms with Gasteiger partial charge in [-0.25, -0.2) is 47.3 Å². The average molecular weight is 937 g/mol. The summed E-state index contributed by atoms with van der Waals surface area (Å²) in [5.41, 5.74) is 4.08. The van der Waals surface area contributed by atoms with E-state index in [0.29, 0.717) is 22.3 Å². The Balaban J connectivity index is 0.000000228. The normalized spacial score (nSPS) is 13.6. The first-order valence-corrected chi connectivity index (χ1v) is 26.1. The molecule has 0 saturated carbocycles. The number of nitrogens with zero attached hydrogens (tertiary/aromatic N) is 3. The first-order chi connectivity index (χ1) is 28.2. The highest BCUT2D eigenvalue weighted by atomic mass is 32.2. The SMILES string of the molecule is CN(C)S(=O)(=O)c1ccc([C@@H](CS(=O)(=O)Cc2ccc3sccc3c2)N(O)C=O)cc1.CN(C)S(=O)(=O)c1ccc([C@@H](CS(=O)(=O)Cc2ccc3sccc3c2)NO)cc1. The molecule has 1 amide bonds. The molecule has 60 heavy (non-hydrogen) atoms. The van der Waals surface area contributed by atoms with Crippen molar-refractivity contribution < 1.29 is 48.9 Å². The van der Waals surface area contributed by atoms with Crippen LogP contribution in [-0.2, 0) is 56.0 Å². The molecule has 0 fully saturated rings. The van der Waals surface area contributed by atoms with Crippen molar-refractivity contribution in [2.24, 2.45) is 0 Å². The number of rotatable bonds is 17. The molecule has 2 aromatic heterocycles. The maximum atomic E-state index is 12.8. The highest BCUT2D eigenvalue weighted by Crippen LogP contribution is 2.28. The Morgan fingerprint density at radius 2 is 1.02 bits per heavy atom. The molecule has 3 N–H and O–H groups in total. The number of hydrogen-bond acceptors (Lipinski definition) is 14. The van der Waals surface area contributed by atoms with E-state index >= 15 is 0 Å². The standard InChI is InChI=1S/C20H22N2O6S3.C19H22N2O5S3/c1-21(2)31(27,28)18-6-4-16(5-7-18)19(22(24)14-23)13-30(25,26)12-15-3-8-20-17(11-15)9-10-29-20;1-21(2)29(25,26)17-6-4-15(5-7-17)18(20-22)13-28(23,24)12-14-3-8-19-16(11-14)9-10-27-19/h3-11,14,19,24H,12-13H2,1-2H3;3-11,18,20,22H,12-13H2,1-2H3/t19-;18-/m11/s1. The minimum Gasteiger partial charge on any atom is -0.316 e. The number of thiophene rings is 2. The maximum Gasteiger partial charge on any atom is 0.242 e. The second-order valence-corrected chi connectivity index (χ2v) is 24.5. The van der Waals surface area contributed by atoms with E-state index in [1.54, 1.807) is 40.9 Å². The summed E-state index contributed by atoms with van der Waals surface area (Å²) in [5.74, 6) is -1.26. The van der Waals surface area contributed by atoms with Crippen molar-refractivity contribution in [3.8, 4) is 0 Å². The molecule has 0 radical (unpaired) electrons. The molecule has 0 unspecified atom stereocenters. The van der Waals surface area contributed by atoms with Crippen LogP contribution in [0.4, 0.5) is 0 Å². The van der Waals surface area contributed by atoms with Crippen LogP contribution in [0.25, 0.3) is 20.2 Å². The summed E-state index contributed by atoms with van der Waals surface area (Å²) in [6.45, 7) is 0. The molecule has 0 bridgehead atoms. The molecule has 2 atom stereocenters. The van der Waals surface area contributed by atoms with Gasteiger partial charge in [-0.05, 0) is 104 Å². The zero-order chi connectivity index (χ0) is 44.0. The van der Waals surface area contributed by atoms with Crippen LogP contribution in [0.1, 0.15) is 34.3 Å². The van der Waals surface area contributed by atoms with Crippen LogP contribution in [-0.4, -0.2) is 104 Å². The summed E-state index contributed by atoms with van der Waals surface area (Å²) < 4.78 is 104. The Bertz CT molecular complexity index is 2880. The summed E-state index contributed by atoms with van der Waals surface area (Å²) >= 11 is 3.15. The van der Waals surface area contributed by atoms with E-state index in [1.807, 2.05) is 46.6 Å². The molecular formula is C39H44N4O11S6. The molecule has 15 nitrogen and oxygen atoms in total. The van der Waals surface area contributed by atoms with E-state index in [0.717, 1.165) is 28.8 Å². The fraction of sp³-hybridized carbons (Fsp3) is 0.256. The summed E-state index contributed by atoms with van der Waals surface area (Å²) in [6.07, 6.45) is 0.127. The molecule has 21 heteroatoms. The minimum atomic E-state index is -3.72. The van der Waals surface area contributed by atoms with Crippen LogP contribution in [0, 0.1) is 0 Å². The van der Waals surface area contributed by atoms with Crippen LogP contribution in [0.5, 0.6) is 0 Å². The van der Waals surface area contributed by atoms with Gasteiger partial charge in [-0.1, -0.05) is 36.4 Å². The predicted octanol–water partition coefficient (Wildman–Crippen LogP) is 5.44. The van der Waals surface area contributed by atoms with E-state index in [1.165, 1.54) is 76.7 Å². The largest absolute Gasteiger partial charge is 0.316 e. The second kappa shape index (κ2) is 19.3. The van der Waals surface area contributed by atoms with Gasteiger partial charge in [0.15, 0.2) is 19.7 Å². The van der Waals surface area contributed by atoms with Crippen molar-refractivity contribution in [3.05, 3.63) is 130 Å². The zero-order valence-electron chi connectivity index (χ0n) is 32.8. The molecule has 0 aliphatic heterocycles. The van der Waals surface area contributed by atoms with Crippen molar-refractivity contribution in [3.63, 3.8) is 0 Å².